The lowest BCUT2D eigenvalue weighted by atomic mass is 9.83. The molecular weight excluding hydrogens is 667 g/mol. The van der Waals surface area contributed by atoms with E-state index in [1.807, 2.05) is 24.5 Å². The lowest BCUT2D eigenvalue weighted by Crippen LogP contribution is -2.41. The summed E-state index contributed by atoms with van der Waals surface area (Å²) >= 11 is 0. The number of pyridine rings is 2. The third-order valence-corrected chi connectivity index (χ3v) is 6.09. The number of carbonyl (C=O) groups excluding carboxylic acids is 1. The molecule has 2 fully saturated rings. The Balaban J connectivity index is 0.000000430. The van der Waals surface area contributed by atoms with Gasteiger partial charge in [0.05, 0.1) is 31.0 Å². The van der Waals surface area contributed by atoms with Gasteiger partial charge in [-0.3, -0.25) is 19.7 Å². The second-order valence-corrected chi connectivity index (χ2v) is 9.58. The highest BCUT2D eigenvalue weighted by atomic mass is 19.4. The van der Waals surface area contributed by atoms with Gasteiger partial charge in [-0.15, -0.1) is 0 Å². The quantitative estimate of drug-likeness (QED) is 0.329. The minimum atomic E-state index is -5.08. The third kappa shape index (κ3) is 16.0. The number of hydrogen-bond donors (Lipinski definition) is 4. The number of fused-ring (bicyclic) bond motifs is 1. The molecule has 2 aliphatic heterocycles. The fourth-order valence-corrected chi connectivity index (χ4v) is 4.09. The van der Waals surface area contributed by atoms with Crippen LogP contribution in [0.2, 0.25) is 0 Å². The van der Waals surface area contributed by atoms with E-state index in [4.69, 9.17) is 34.4 Å². The summed E-state index contributed by atoms with van der Waals surface area (Å²) in [4.78, 5) is 49.6. The van der Waals surface area contributed by atoms with Crippen LogP contribution in [-0.2, 0) is 30.5 Å². The van der Waals surface area contributed by atoms with Crippen molar-refractivity contribution in [1.29, 1.82) is 0 Å². The molecule has 1 amide bonds. The van der Waals surface area contributed by atoms with Gasteiger partial charge in [0.15, 0.2) is 0 Å². The number of nitrogens with one attached hydrogen (secondary N) is 1. The summed E-state index contributed by atoms with van der Waals surface area (Å²) in [6, 6.07) is 7.81. The summed E-state index contributed by atoms with van der Waals surface area (Å²) in [5.74, 6) is -7.28. The van der Waals surface area contributed by atoms with Crippen molar-refractivity contribution in [3.8, 4) is 0 Å². The van der Waals surface area contributed by atoms with Gasteiger partial charge < -0.3 is 25.4 Å². The number of anilines is 1. The highest BCUT2D eigenvalue weighted by Gasteiger charge is 2.42. The van der Waals surface area contributed by atoms with Crippen LogP contribution in [0.25, 0.3) is 0 Å². The van der Waals surface area contributed by atoms with Crippen molar-refractivity contribution in [2.75, 3.05) is 25.0 Å². The van der Waals surface area contributed by atoms with Crippen LogP contribution in [-0.4, -0.2) is 98.3 Å². The van der Waals surface area contributed by atoms with Crippen LogP contribution in [0.15, 0.2) is 49.1 Å². The molecular formula is C26H27F9N4O8. The van der Waals surface area contributed by atoms with E-state index in [9.17, 15) is 44.3 Å². The maximum atomic E-state index is 12.3. The molecule has 262 valence electrons. The molecule has 4 rings (SSSR count). The summed E-state index contributed by atoms with van der Waals surface area (Å²) in [7, 11) is 0. The number of halogens is 9. The Kier molecular flexibility index (Phi) is 15.5. The number of carboxylic acid groups (broad SMARTS) is 3. The van der Waals surface area contributed by atoms with Crippen LogP contribution in [0.4, 0.5) is 45.2 Å². The molecule has 2 aliphatic rings. The summed E-state index contributed by atoms with van der Waals surface area (Å²) in [5, 5.41) is 24.3. The third-order valence-electron chi connectivity index (χ3n) is 6.09. The van der Waals surface area contributed by atoms with Crippen LogP contribution in [0.3, 0.4) is 0 Å². The monoisotopic (exact) mass is 694 g/mol. The molecule has 47 heavy (non-hydrogen) atoms. The summed E-state index contributed by atoms with van der Waals surface area (Å²) in [6.07, 6.45) is -6.68. The van der Waals surface area contributed by atoms with Gasteiger partial charge >= 0.3 is 36.4 Å². The van der Waals surface area contributed by atoms with E-state index in [-0.39, 0.29) is 12.0 Å². The van der Waals surface area contributed by atoms with E-state index in [1.54, 1.807) is 12.4 Å². The highest BCUT2D eigenvalue weighted by Crippen LogP contribution is 2.36. The average molecular weight is 695 g/mol. The average Bonchev–Trinajstić information content (AvgIpc) is 3.35. The fraction of sp³-hybridized carbons (Fsp3) is 0.462. The Morgan fingerprint density at radius 2 is 1.34 bits per heavy atom. The molecule has 0 aromatic carbocycles. The lowest BCUT2D eigenvalue weighted by Gasteiger charge is -2.35. The largest absolute Gasteiger partial charge is 0.490 e. The molecule has 4 heterocycles. The number of ether oxygens (including phenoxy) is 1. The number of rotatable bonds is 5. The maximum absolute atomic E-state index is 12.3. The molecule has 0 spiro atoms. The molecule has 0 unspecified atom stereocenters. The van der Waals surface area contributed by atoms with Crippen molar-refractivity contribution in [3.63, 3.8) is 0 Å². The number of nitrogens with zero attached hydrogens (tertiary/aromatic N) is 3. The van der Waals surface area contributed by atoms with Gasteiger partial charge in [-0.2, -0.15) is 39.5 Å². The molecule has 2 saturated heterocycles. The van der Waals surface area contributed by atoms with Crippen LogP contribution in [0, 0.1) is 11.8 Å². The first-order chi connectivity index (χ1) is 21.6. The SMILES string of the molecule is O=C(C[C@H]1OC[C@H]2CN(Cc3ccncc3)CC[C@H]21)Nc1cccnc1.O=C(O)C(F)(F)F.O=C(O)C(F)(F)F.O=C(O)C(F)(F)F. The van der Waals surface area contributed by atoms with Gasteiger partial charge in [0.25, 0.3) is 0 Å². The predicted octanol–water partition coefficient (Wildman–Crippen LogP) is 4.24. The molecule has 0 bridgehead atoms. The first kappa shape index (κ1) is 40.5. The van der Waals surface area contributed by atoms with E-state index in [2.05, 4.69) is 32.3 Å². The van der Waals surface area contributed by atoms with Gasteiger partial charge in [-0.05, 0) is 48.7 Å². The predicted molar refractivity (Wildman–Crippen MR) is 139 cm³/mol. The van der Waals surface area contributed by atoms with Crippen molar-refractivity contribution in [2.45, 2.75) is 44.0 Å². The standard InChI is InChI=1S/C20H24N4O2.3C2HF3O2/c25-20(23-17-2-1-6-22-11-17)10-19-18-5-9-24(13-16(18)14-26-19)12-15-3-7-21-8-4-15;3*3-2(4,5)1(6)7/h1-4,6-8,11,16,18-19H,5,9-10,12-14H2,(H,23,25);3*(H,6,7)/t16-,18-,19-;;;/m1.../s1. The van der Waals surface area contributed by atoms with E-state index in [0.717, 1.165) is 38.3 Å². The van der Waals surface area contributed by atoms with Gasteiger partial charge in [0, 0.05) is 37.6 Å². The Bertz CT molecular complexity index is 1240. The normalized spacial score (nSPS) is 19.2. The number of aromatic nitrogens is 2. The van der Waals surface area contributed by atoms with E-state index < -0.39 is 36.4 Å². The van der Waals surface area contributed by atoms with Crippen LogP contribution >= 0.6 is 0 Å². The zero-order valence-corrected chi connectivity index (χ0v) is 23.7. The minimum absolute atomic E-state index is 0.00265. The van der Waals surface area contributed by atoms with Crippen molar-refractivity contribution in [3.05, 3.63) is 54.6 Å². The second-order valence-electron chi connectivity index (χ2n) is 9.58. The van der Waals surface area contributed by atoms with Gasteiger partial charge in [-0.1, -0.05) is 0 Å². The fourth-order valence-electron chi connectivity index (χ4n) is 4.09. The van der Waals surface area contributed by atoms with Crippen LogP contribution in [0.5, 0.6) is 0 Å². The number of hydrogen-bond acceptors (Lipinski definition) is 8. The Morgan fingerprint density at radius 1 is 0.830 bits per heavy atom. The van der Waals surface area contributed by atoms with Gasteiger partial charge in [0.1, 0.15) is 0 Å². The highest BCUT2D eigenvalue weighted by molar-refractivity contribution is 5.90. The molecule has 0 saturated carbocycles. The molecule has 3 atom stereocenters. The van der Waals surface area contributed by atoms with E-state index in [1.165, 1.54) is 5.56 Å². The van der Waals surface area contributed by atoms with Crippen molar-refractivity contribution >= 4 is 29.5 Å². The zero-order valence-electron chi connectivity index (χ0n) is 23.7. The van der Waals surface area contributed by atoms with Crippen molar-refractivity contribution < 1.29 is 78.7 Å². The van der Waals surface area contributed by atoms with Crippen LogP contribution < -0.4 is 5.32 Å². The summed E-state index contributed by atoms with van der Waals surface area (Å²) < 4.78 is 101. The first-order valence-electron chi connectivity index (χ1n) is 12.9. The summed E-state index contributed by atoms with van der Waals surface area (Å²) in [5.41, 5.74) is 2.03. The van der Waals surface area contributed by atoms with E-state index >= 15 is 0 Å². The lowest BCUT2D eigenvalue weighted by molar-refractivity contribution is -0.193. The second kappa shape index (κ2) is 18.0. The molecule has 0 radical (unpaired) electrons. The number of likely N-dealkylation sites (tertiary alicyclic amines) is 1. The van der Waals surface area contributed by atoms with E-state index in [0.29, 0.717) is 18.3 Å². The number of carbonyl (C=O) groups is 4. The number of piperidine rings is 1. The Labute approximate surface area is 259 Å². The molecule has 4 N–H and O–H groups in total. The molecule has 2 aromatic heterocycles. The smallest absolute Gasteiger partial charge is 0.475 e. The minimum Gasteiger partial charge on any atom is -0.475 e. The molecule has 2 aromatic rings. The number of aliphatic carboxylic acids is 3. The number of alkyl halides is 9. The Hall–Kier alpha value is -4.53. The maximum Gasteiger partial charge on any atom is 0.490 e. The van der Waals surface area contributed by atoms with Crippen LogP contribution in [0.1, 0.15) is 18.4 Å². The number of carboxylic acids is 3. The topological polar surface area (TPSA) is 179 Å². The Morgan fingerprint density at radius 3 is 1.79 bits per heavy atom. The zero-order chi connectivity index (χ0) is 36.0. The van der Waals surface area contributed by atoms with Gasteiger partial charge in [-0.25, -0.2) is 14.4 Å². The molecule has 12 nitrogen and oxygen atoms in total. The van der Waals surface area contributed by atoms with Gasteiger partial charge in [0.2, 0.25) is 5.91 Å². The summed E-state index contributed by atoms with van der Waals surface area (Å²) in [6.45, 7) is 3.79. The molecule has 21 heteroatoms. The first-order valence-corrected chi connectivity index (χ1v) is 12.9. The van der Waals surface area contributed by atoms with Crippen molar-refractivity contribution in [1.82, 2.24) is 14.9 Å². The van der Waals surface area contributed by atoms with Crippen molar-refractivity contribution in [2.24, 2.45) is 11.8 Å². The molecule has 0 aliphatic carbocycles. The number of amides is 1.